The van der Waals surface area contributed by atoms with Gasteiger partial charge in [0.15, 0.2) is 0 Å². The summed E-state index contributed by atoms with van der Waals surface area (Å²) in [5.41, 5.74) is 3.30. The number of carbonyl (C=O) groups is 2. The van der Waals surface area contributed by atoms with Gasteiger partial charge in [0.25, 0.3) is 0 Å². The van der Waals surface area contributed by atoms with Crippen LogP contribution < -0.4 is 5.32 Å². The van der Waals surface area contributed by atoms with Crippen LogP contribution >= 0.6 is 23.4 Å². The van der Waals surface area contributed by atoms with Crippen molar-refractivity contribution in [2.75, 3.05) is 5.75 Å². The van der Waals surface area contributed by atoms with Crippen molar-refractivity contribution in [1.82, 2.24) is 10.2 Å². The van der Waals surface area contributed by atoms with Crippen LogP contribution in [0.3, 0.4) is 0 Å². The molecule has 0 heterocycles. The first kappa shape index (κ1) is 24.3. The Morgan fingerprint density at radius 2 is 1.80 bits per heavy atom. The van der Waals surface area contributed by atoms with E-state index in [1.165, 1.54) is 11.1 Å². The predicted octanol–water partition coefficient (Wildman–Crippen LogP) is 5.21. The fraction of sp³-hybridized carbons (Fsp3) is 0.417. The zero-order valence-corrected chi connectivity index (χ0v) is 19.7. The van der Waals surface area contributed by atoms with Gasteiger partial charge in [0, 0.05) is 23.4 Å². The fourth-order valence-electron chi connectivity index (χ4n) is 2.90. The highest BCUT2D eigenvalue weighted by Gasteiger charge is 2.26. The van der Waals surface area contributed by atoms with E-state index in [4.69, 9.17) is 11.6 Å². The molecule has 4 nitrogen and oxygen atoms in total. The van der Waals surface area contributed by atoms with Gasteiger partial charge >= 0.3 is 0 Å². The van der Waals surface area contributed by atoms with Crippen LogP contribution in [0.4, 0.5) is 0 Å². The number of aryl methyl sites for hydroxylation is 1. The summed E-state index contributed by atoms with van der Waals surface area (Å²) in [6, 6.07) is 15.2. The third-order valence-electron chi connectivity index (χ3n) is 5.03. The van der Waals surface area contributed by atoms with E-state index in [0.717, 1.165) is 17.7 Å². The molecular weight excluding hydrogens is 416 g/mol. The second-order valence-electron chi connectivity index (χ2n) is 7.62. The number of halogens is 1. The first-order valence-electron chi connectivity index (χ1n) is 10.3. The van der Waals surface area contributed by atoms with Gasteiger partial charge in [-0.15, -0.1) is 11.8 Å². The number of thioether (sulfide) groups is 1. The molecule has 0 aliphatic heterocycles. The van der Waals surface area contributed by atoms with Crippen molar-refractivity contribution >= 4 is 35.2 Å². The molecule has 0 spiro atoms. The van der Waals surface area contributed by atoms with Crippen molar-refractivity contribution in [3.8, 4) is 0 Å². The summed E-state index contributed by atoms with van der Waals surface area (Å²) in [5.74, 6) is 0.877. The average Bonchev–Trinajstić information content (AvgIpc) is 2.72. The van der Waals surface area contributed by atoms with Crippen LogP contribution in [0.2, 0.25) is 5.02 Å². The lowest BCUT2D eigenvalue weighted by molar-refractivity contribution is -0.138. The van der Waals surface area contributed by atoms with Gasteiger partial charge in [-0.2, -0.15) is 0 Å². The van der Waals surface area contributed by atoms with Gasteiger partial charge < -0.3 is 10.2 Å². The molecule has 6 heteroatoms. The SMILES string of the molecule is CC[C@H](C)NC(=O)[C@@H](C)N(Cc1cccc(Cl)c1)C(=O)CSCc1ccc(C)cc1. The highest BCUT2D eigenvalue weighted by atomic mass is 35.5. The first-order valence-corrected chi connectivity index (χ1v) is 11.8. The zero-order chi connectivity index (χ0) is 22.1. The number of carbonyl (C=O) groups excluding carboxylic acids is 2. The maximum Gasteiger partial charge on any atom is 0.242 e. The molecule has 0 unspecified atom stereocenters. The van der Waals surface area contributed by atoms with E-state index in [1.807, 2.05) is 32.0 Å². The van der Waals surface area contributed by atoms with Crippen LogP contribution in [0.25, 0.3) is 0 Å². The molecule has 0 bridgehead atoms. The summed E-state index contributed by atoms with van der Waals surface area (Å²) in [6.45, 7) is 8.17. The van der Waals surface area contributed by atoms with Gasteiger partial charge in [0.05, 0.1) is 5.75 Å². The Bertz CT molecular complexity index is 841. The van der Waals surface area contributed by atoms with Gasteiger partial charge in [0.1, 0.15) is 6.04 Å². The van der Waals surface area contributed by atoms with E-state index in [1.54, 1.807) is 29.7 Å². The minimum Gasteiger partial charge on any atom is -0.352 e. The molecule has 2 rings (SSSR count). The van der Waals surface area contributed by atoms with Crippen LogP contribution in [-0.4, -0.2) is 34.6 Å². The van der Waals surface area contributed by atoms with Crippen molar-refractivity contribution in [2.45, 2.75) is 58.5 Å². The van der Waals surface area contributed by atoms with E-state index in [0.29, 0.717) is 17.3 Å². The van der Waals surface area contributed by atoms with Crippen molar-refractivity contribution < 1.29 is 9.59 Å². The van der Waals surface area contributed by atoms with E-state index < -0.39 is 6.04 Å². The van der Waals surface area contributed by atoms with Crippen molar-refractivity contribution in [3.05, 3.63) is 70.2 Å². The smallest absolute Gasteiger partial charge is 0.242 e. The summed E-state index contributed by atoms with van der Waals surface area (Å²) >= 11 is 7.67. The molecule has 0 saturated heterocycles. The highest BCUT2D eigenvalue weighted by Crippen LogP contribution is 2.18. The van der Waals surface area contributed by atoms with Gasteiger partial charge in [-0.3, -0.25) is 9.59 Å². The topological polar surface area (TPSA) is 49.4 Å². The minimum atomic E-state index is -0.564. The Balaban J connectivity index is 2.07. The molecule has 2 amide bonds. The third-order valence-corrected chi connectivity index (χ3v) is 6.25. The average molecular weight is 447 g/mol. The lowest BCUT2D eigenvalue weighted by Gasteiger charge is -2.29. The van der Waals surface area contributed by atoms with E-state index in [9.17, 15) is 9.59 Å². The number of nitrogens with one attached hydrogen (secondary N) is 1. The Morgan fingerprint density at radius 1 is 1.10 bits per heavy atom. The fourth-order valence-corrected chi connectivity index (χ4v) is 3.99. The van der Waals surface area contributed by atoms with E-state index in [2.05, 4.69) is 36.5 Å². The van der Waals surface area contributed by atoms with Crippen molar-refractivity contribution in [2.24, 2.45) is 0 Å². The second kappa shape index (κ2) is 12.0. The lowest BCUT2D eigenvalue weighted by Crippen LogP contribution is -2.50. The molecule has 0 aliphatic rings. The second-order valence-corrected chi connectivity index (χ2v) is 9.05. The summed E-state index contributed by atoms with van der Waals surface area (Å²) in [5, 5.41) is 3.60. The monoisotopic (exact) mass is 446 g/mol. The third kappa shape index (κ3) is 7.69. The van der Waals surface area contributed by atoms with Gasteiger partial charge in [-0.25, -0.2) is 0 Å². The van der Waals surface area contributed by atoms with E-state index >= 15 is 0 Å². The molecule has 1 N–H and O–H groups in total. The Kier molecular flexibility index (Phi) is 9.73. The minimum absolute atomic E-state index is 0.0566. The lowest BCUT2D eigenvalue weighted by atomic mass is 10.1. The molecule has 0 fully saturated rings. The number of hydrogen-bond donors (Lipinski definition) is 1. The number of hydrogen-bond acceptors (Lipinski definition) is 3. The molecule has 0 radical (unpaired) electrons. The predicted molar refractivity (Wildman–Crippen MR) is 127 cm³/mol. The van der Waals surface area contributed by atoms with Crippen LogP contribution in [-0.2, 0) is 21.9 Å². The first-order chi connectivity index (χ1) is 14.3. The maximum atomic E-state index is 13.1. The molecule has 30 heavy (non-hydrogen) atoms. The van der Waals surface area contributed by atoms with Crippen molar-refractivity contribution in [1.29, 1.82) is 0 Å². The molecule has 0 saturated carbocycles. The summed E-state index contributed by atoms with van der Waals surface area (Å²) < 4.78 is 0. The van der Waals surface area contributed by atoms with Gasteiger partial charge in [0.2, 0.25) is 11.8 Å². The van der Waals surface area contributed by atoms with E-state index in [-0.39, 0.29) is 17.9 Å². The Labute approximate surface area is 189 Å². The number of benzene rings is 2. The van der Waals surface area contributed by atoms with Crippen LogP contribution in [0.1, 0.15) is 43.9 Å². The molecule has 162 valence electrons. The number of nitrogens with zero attached hydrogens (tertiary/aromatic N) is 1. The Morgan fingerprint density at radius 3 is 2.43 bits per heavy atom. The number of rotatable bonds is 10. The number of amides is 2. The highest BCUT2D eigenvalue weighted by molar-refractivity contribution is 7.99. The Hall–Kier alpha value is -1.98. The van der Waals surface area contributed by atoms with Crippen LogP contribution in [0, 0.1) is 6.92 Å². The molecule has 2 atom stereocenters. The molecule has 0 aliphatic carbocycles. The molecule has 0 aromatic heterocycles. The summed E-state index contributed by atoms with van der Waals surface area (Å²) in [7, 11) is 0. The summed E-state index contributed by atoms with van der Waals surface area (Å²) in [6.07, 6.45) is 0.840. The van der Waals surface area contributed by atoms with Gasteiger partial charge in [-0.05, 0) is 50.5 Å². The quantitative estimate of drug-likeness (QED) is 0.544. The zero-order valence-electron chi connectivity index (χ0n) is 18.2. The van der Waals surface area contributed by atoms with Crippen LogP contribution in [0.15, 0.2) is 48.5 Å². The standard InChI is InChI=1S/C24H31ClN2O2S/c1-5-18(3)26-24(29)19(4)27(14-21-7-6-8-22(25)13-21)23(28)16-30-15-20-11-9-17(2)10-12-20/h6-13,18-19H,5,14-16H2,1-4H3,(H,26,29)/t18-,19+/m0/s1. The van der Waals surface area contributed by atoms with Crippen LogP contribution in [0.5, 0.6) is 0 Å². The molecule has 2 aromatic rings. The largest absolute Gasteiger partial charge is 0.352 e. The normalized spacial score (nSPS) is 12.8. The van der Waals surface area contributed by atoms with Crippen molar-refractivity contribution in [3.63, 3.8) is 0 Å². The molecule has 2 aromatic carbocycles. The molecular formula is C24H31ClN2O2S. The maximum absolute atomic E-state index is 13.1. The summed E-state index contributed by atoms with van der Waals surface area (Å²) in [4.78, 5) is 27.4. The van der Waals surface area contributed by atoms with Gasteiger partial charge in [-0.1, -0.05) is 60.5 Å².